The molecule has 0 atom stereocenters. The molecule has 2 aromatic rings. The summed E-state index contributed by atoms with van der Waals surface area (Å²) in [5.41, 5.74) is 6.63. The molecule has 21 heavy (non-hydrogen) atoms. The summed E-state index contributed by atoms with van der Waals surface area (Å²) in [5.74, 6) is -0.857. The summed E-state index contributed by atoms with van der Waals surface area (Å²) in [7, 11) is -3.95. The number of sulfonamides is 1. The molecule has 0 spiro atoms. The Kier molecular flexibility index (Phi) is 4.92. The third-order valence-corrected chi connectivity index (χ3v) is 4.93. The van der Waals surface area contributed by atoms with Crippen molar-refractivity contribution in [2.45, 2.75) is 11.3 Å². The minimum Gasteiger partial charge on any atom is -0.398 e. The third kappa shape index (κ3) is 3.99. The molecule has 0 aliphatic heterocycles. The Hall–Kier alpha value is -1.51. The number of rotatable bonds is 5. The van der Waals surface area contributed by atoms with Crippen LogP contribution in [0.2, 0.25) is 0 Å². The second-order valence-corrected chi connectivity index (χ2v) is 6.90. The van der Waals surface area contributed by atoms with E-state index < -0.39 is 20.7 Å². The largest absolute Gasteiger partial charge is 0.398 e. The molecule has 1 heterocycles. The number of aromatic nitrogens is 1. The van der Waals surface area contributed by atoms with Crippen LogP contribution < -0.4 is 10.5 Å². The zero-order valence-electron chi connectivity index (χ0n) is 10.9. The molecule has 1 aromatic carbocycles. The Bertz CT molecular complexity index is 739. The quantitative estimate of drug-likeness (QED) is 0.785. The zero-order valence-corrected chi connectivity index (χ0v) is 13.3. The predicted octanol–water partition coefficient (Wildman–Crippen LogP) is 2.09. The Labute approximate surface area is 130 Å². The lowest BCUT2D eigenvalue weighted by Gasteiger charge is -2.09. The number of anilines is 1. The van der Waals surface area contributed by atoms with Gasteiger partial charge in [-0.2, -0.15) is 0 Å². The van der Waals surface area contributed by atoms with E-state index in [9.17, 15) is 12.8 Å². The maximum atomic E-state index is 13.8. The smallest absolute Gasteiger partial charge is 0.243 e. The SMILES string of the molecule is Nc1cc(S(=O)(=O)NCCc2cccnc2)c(F)cc1Br. The molecule has 0 saturated carbocycles. The second kappa shape index (κ2) is 6.50. The van der Waals surface area contributed by atoms with Gasteiger partial charge in [0.05, 0.1) is 0 Å². The van der Waals surface area contributed by atoms with Crippen LogP contribution in [0.15, 0.2) is 46.0 Å². The lowest BCUT2D eigenvalue weighted by molar-refractivity contribution is 0.557. The normalized spacial score (nSPS) is 11.5. The second-order valence-electron chi connectivity index (χ2n) is 4.31. The first-order valence-electron chi connectivity index (χ1n) is 6.03. The van der Waals surface area contributed by atoms with Crippen molar-refractivity contribution in [3.05, 3.63) is 52.5 Å². The fraction of sp³-hybridized carbons (Fsp3) is 0.154. The van der Waals surface area contributed by atoms with E-state index in [1.54, 1.807) is 18.5 Å². The molecule has 3 N–H and O–H groups in total. The van der Waals surface area contributed by atoms with Crippen molar-refractivity contribution in [1.29, 1.82) is 0 Å². The van der Waals surface area contributed by atoms with Gasteiger partial charge in [0.15, 0.2) is 0 Å². The average Bonchev–Trinajstić information content (AvgIpc) is 2.43. The number of benzene rings is 1. The molecular weight excluding hydrogens is 361 g/mol. The van der Waals surface area contributed by atoms with Crippen LogP contribution in [0.3, 0.4) is 0 Å². The van der Waals surface area contributed by atoms with E-state index in [0.29, 0.717) is 10.9 Å². The van der Waals surface area contributed by atoms with Crippen LogP contribution in [0.5, 0.6) is 0 Å². The summed E-state index contributed by atoms with van der Waals surface area (Å²) in [5, 5.41) is 0. The molecule has 0 aliphatic carbocycles. The van der Waals surface area contributed by atoms with Crippen molar-refractivity contribution in [1.82, 2.24) is 9.71 Å². The van der Waals surface area contributed by atoms with Gasteiger partial charge in [0.25, 0.3) is 0 Å². The van der Waals surface area contributed by atoms with Crippen LogP contribution in [-0.2, 0) is 16.4 Å². The van der Waals surface area contributed by atoms with Crippen LogP contribution in [0.25, 0.3) is 0 Å². The van der Waals surface area contributed by atoms with E-state index in [-0.39, 0.29) is 12.2 Å². The lowest BCUT2D eigenvalue weighted by Crippen LogP contribution is -2.27. The van der Waals surface area contributed by atoms with Gasteiger partial charge in [-0.25, -0.2) is 17.5 Å². The lowest BCUT2D eigenvalue weighted by atomic mass is 10.2. The number of hydrogen-bond donors (Lipinski definition) is 2. The molecule has 0 amide bonds. The highest BCUT2D eigenvalue weighted by atomic mass is 79.9. The zero-order chi connectivity index (χ0) is 15.5. The molecular formula is C13H13BrFN3O2S. The van der Waals surface area contributed by atoms with Crippen LogP contribution in [0.1, 0.15) is 5.56 Å². The molecule has 0 fully saturated rings. The van der Waals surface area contributed by atoms with E-state index in [1.165, 1.54) is 0 Å². The van der Waals surface area contributed by atoms with E-state index in [2.05, 4.69) is 25.6 Å². The highest BCUT2D eigenvalue weighted by Gasteiger charge is 2.20. The molecule has 0 bridgehead atoms. The molecule has 112 valence electrons. The van der Waals surface area contributed by atoms with Crippen LogP contribution in [-0.4, -0.2) is 19.9 Å². The van der Waals surface area contributed by atoms with Gasteiger partial charge in [-0.05, 0) is 46.1 Å². The Morgan fingerprint density at radius 2 is 2.14 bits per heavy atom. The van der Waals surface area contributed by atoms with Gasteiger partial charge in [0.2, 0.25) is 10.0 Å². The Morgan fingerprint density at radius 3 is 2.81 bits per heavy atom. The number of nitrogen functional groups attached to an aromatic ring is 1. The van der Waals surface area contributed by atoms with Crippen LogP contribution >= 0.6 is 15.9 Å². The summed E-state index contributed by atoms with van der Waals surface area (Å²) in [4.78, 5) is 3.47. The topological polar surface area (TPSA) is 85.1 Å². The highest BCUT2D eigenvalue weighted by Crippen LogP contribution is 2.25. The molecule has 0 radical (unpaired) electrons. The fourth-order valence-corrected chi connectivity index (χ4v) is 3.14. The van der Waals surface area contributed by atoms with Crippen LogP contribution in [0.4, 0.5) is 10.1 Å². The number of nitrogens with zero attached hydrogens (tertiary/aromatic N) is 1. The van der Waals surface area contributed by atoms with E-state index >= 15 is 0 Å². The van der Waals surface area contributed by atoms with Crippen molar-refractivity contribution in [3.63, 3.8) is 0 Å². The number of halogens is 2. The van der Waals surface area contributed by atoms with Crippen molar-refractivity contribution >= 4 is 31.6 Å². The van der Waals surface area contributed by atoms with Crippen molar-refractivity contribution in [2.24, 2.45) is 0 Å². The van der Waals surface area contributed by atoms with Gasteiger partial charge in [0.1, 0.15) is 10.7 Å². The molecule has 1 aromatic heterocycles. The van der Waals surface area contributed by atoms with Crippen molar-refractivity contribution in [3.8, 4) is 0 Å². The van der Waals surface area contributed by atoms with E-state index in [4.69, 9.17) is 5.73 Å². The minimum atomic E-state index is -3.95. The highest BCUT2D eigenvalue weighted by molar-refractivity contribution is 9.10. The molecule has 2 rings (SSSR count). The summed E-state index contributed by atoms with van der Waals surface area (Å²) in [6.07, 6.45) is 3.74. The van der Waals surface area contributed by atoms with Gasteiger partial charge in [-0.15, -0.1) is 0 Å². The third-order valence-electron chi connectivity index (χ3n) is 2.77. The van der Waals surface area contributed by atoms with Gasteiger partial charge in [0, 0.05) is 29.1 Å². The molecule has 0 saturated heterocycles. The summed E-state index contributed by atoms with van der Waals surface area (Å²) in [6.45, 7) is 0.142. The van der Waals surface area contributed by atoms with Crippen LogP contribution in [0, 0.1) is 5.82 Å². The molecule has 5 nitrogen and oxygen atoms in total. The Balaban J connectivity index is 2.10. The fourth-order valence-electron chi connectivity index (χ4n) is 1.70. The van der Waals surface area contributed by atoms with E-state index in [0.717, 1.165) is 17.7 Å². The summed E-state index contributed by atoms with van der Waals surface area (Å²) >= 11 is 3.04. The summed E-state index contributed by atoms with van der Waals surface area (Å²) in [6, 6.07) is 5.72. The standard InChI is InChI=1S/C13H13BrFN3O2S/c14-10-6-11(15)13(7-12(10)16)21(19,20)18-5-3-9-2-1-4-17-8-9/h1-2,4,6-8,18H,3,5,16H2. The maximum absolute atomic E-state index is 13.8. The molecule has 0 aliphatic rings. The molecule has 8 heteroatoms. The van der Waals surface area contributed by atoms with Gasteiger partial charge < -0.3 is 5.73 Å². The summed E-state index contributed by atoms with van der Waals surface area (Å²) < 4.78 is 40.6. The predicted molar refractivity (Wildman–Crippen MR) is 81.6 cm³/mol. The number of pyridine rings is 1. The van der Waals surface area contributed by atoms with Gasteiger partial charge in [-0.3, -0.25) is 4.98 Å². The minimum absolute atomic E-state index is 0.142. The first kappa shape index (κ1) is 15.9. The first-order valence-corrected chi connectivity index (χ1v) is 8.31. The number of nitrogens with one attached hydrogen (secondary N) is 1. The number of nitrogens with two attached hydrogens (primary N) is 1. The maximum Gasteiger partial charge on any atom is 0.243 e. The van der Waals surface area contributed by atoms with Crippen molar-refractivity contribution in [2.75, 3.05) is 12.3 Å². The van der Waals surface area contributed by atoms with E-state index in [1.807, 2.05) is 6.07 Å². The monoisotopic (exact) mass is 373 g/mol. The van der Waals surface area contributed by atoms with Crippen molar-refractivity contribution < 1.29 is 12.8 Å². The van der Waals surface area contributed by atoms with Gasteiger partial charge in [-0.1, -0.05) is 6.07 Å². The first-order chi connectivity index (χ1) is 9.90. The average molecular weight is 374 g/mol. The van der Waals surface area contributed by atoms with Gasteiger partial charge >= 0.3 is 0 Å². The molecule has 0 unspecified atom stereocenters. The number of hydrogen-bond acceptors (Lipinski definition) is 4. The Morgan fingerprint density at radius 1 is 1.38 bits per heavy atom.